The highest BCUT2D eigenvalue weighted by molar-refractivity contribution is 5.94. The molecule has 0 bridgehead atoms. The molecule has 1 aromatic rings. The summed E-state index contributed by atoms with van der Waals surface area (Å²) in [6, 6.07) is 6.71. The molecular formula is C17H27N3. The van der Waals surface area contributed by atoms with E-state index in [4.69, 9.17) is 5.41 Å². The number of piperidine rings is 1. The van der Waals surface area contributed by atoms with Crippen LogP contribution in [0.5, 0.6) is 0 Å². The fraction of sp³-hybridized carbons (Fsp3) is 0.588. The molecule has 2 N–H and O–H groups in total. The van der Waals surface area contributed by atoms with Gasteiger partial charge in [0.05, 0.1) is 0 Å². The van der Waals surface area contributed by atoms with Gasteiger partial charge in [0.25, 0.3) is 0 Å². The second-order valence-corrected chi connectivity index (χ2v) is 5.84. The van der Waals surface area contributed by atoms with E-state index < -0.39 is 0 Å². The molecule has 1 saturated heterocycles. The maximum Gasteiger partial charge on any atom is 0.0476 e. The molecule has 1 heterocycles. The fourth-order valence-electron chi connectivity index (χ4n) is 3.01. The summed E-state index contributed by atoms with van der Waals surface area (Å²) in [4.78, 5) is 2.45. The standard InChI is InChI=1S/C15H21N3.C2H6/c1-10(2)17-14-4-3-5-15(13(14)7-16)18-8-11-6-12(11)9-18;1-2/h3-5,7,10-12,16-17H,6,8-9H2,1-2H3;1-2H3. The van der Waals surface area contributed by atoms with Crippen LogP contribution in [0.2, 0.25) is 0 Å². The second kappa shape index (κ2) is 6.29. The molecule has 2 unspecified atom stereocenters. The maximum absolute atomic E-state index is 7.70. The Morgan fingerprint density at radius 3 is 2.45 bits per heavy atom. The third kappa shape index (κ3) is 2.97. The van der Waals surface area contributed by atoms with E-state index in [1.807, 2.05) is 13.8 Å². The van der Waals surface area contributed by atoms with Crippen LogP contribution >= 0.6 is 0 Å². The zero-order chi connectivity index (χ0) is 14.7. The normalized spacial score (nSPS) is 22.9. The highest BCUT2D eigenvalue weighted by atomic mass is 15.2. The van der Waals surface area contributed by atoms with Gasteiger partial charge < -0.3 is 15.6 Å². The van der Waals surface area contributed by atoms with Gasteiger partial charge in [0.2, 0.25) is 0 Å². The Kier molecular flexibility index (Phi) is 4.69. The summed E-state index contributed by atoms with van der Waals surface area (Å²) < 4.78 is 0. The summed E-state index contributed by atoms with van der Waals surface area (Å²) >= 11 is 0. The predicted octanol–water partition coefficient (Wildman–Crippen LogP) is 3.99. The summed E-state index contributed by atoms with van der Waals surface area (Å²) in [6.07, 6.45) is 2.91. The highest BCUT2D eigenvalue weighted by Crippen LogP contribution is 2.47. The molecule has 20 heavy (non-hydrogen) atoms. The molecule has 0 spiro atoms. The smallest absolute Gasteiger partial charge is 0.0476 e. The first-order chi connectivity index (χ1) is 9.69. The Labute approximate surface area is 122 Å². The first kappa shape index (κ1) is 14.9. The summed E-state index contributed by atoms with van der Waals surface area (Å²) in [5.74, 6) is 1.84. The van der Waals surface area contributed by atoms with Crippen molar-refractivity contribution >= 4 is 17.6 Å². The molecule has 110 valence electrons. The lowest BCUT2D eigenvalue weighted by Crippen LogP contribution is -2.24. The van der Waals surface area contributed by atoms with E-state index in [-0.39, 0.29) is 0 Å². The van der Waals surface area contributed by atoms with Crippen molar-refractivity contribution < 1.29 is 0 Å². The first-order valence-electron chi connectivity index (χ1n) is 7.84. The minimum atomic E-state index is 0.394. The van der Waals surface area contributed by atoms with Crippen molar-refractivity contribution in [2.45, 2.75) is 40.2 Å². The van der Waals surface area contributed by atoms with E-state index >= 15 is 0 Å². The zero-order valence-corrected chi connectivity index (χ0v) is 13.1. The molecule has 1 aliphatic carbocycles. The average Bonchev–Trinajstić information content (AvgIpc) is 3.06. The number of hydrogen-bond donors (Lipinski definition) is 2. The van der Waals surface area contributed by atoms with E-state index in [0.717, 1.165) is 23.1 Å². The van der Waals surface area contributed by atoms with Crippen LogP contribution in [0.3, 0.4) is 0 Å². The molecule has 3 rings (SSSR count). The summed E-state index contributed by atoms with van der Waals surface area (Å²) in [7, 11) is 0. The topological polar surface area (TPSA) is 39.1 Å². The molecule has 3 heteroatoms. The molecule has 0 aromatic heterocycles. The summed E-state index contributed by atoms with van der Waals surface area (Å²) in [5.41, 5.74) is 3.34. The van der Waals surface area contributed by atoms with Gasteiger partial charge in [-0.3, -0.25) is 0 Å². The maximum atomic E-state index is 7.70. The largest absolute Gasteiger partial charge is 0.382 e. The van der Waals surface area contributed by atoms with Crippen LogP contribution in [0.15, 0.2) is 18.2 Å². The molecule has 1 aliphatic heterocycles. The van der Waals surface area contributed by atoms with E-state index in [9.17, 15) is 0 Å². The van der Waals surface area contributed by atoms with Crippen LogP contribution in [0.25, 0.3) is 0 Å². The van der Waals surface area contributed by atoms with E-state index in [1.165, 1.54) is 31.4 Å². The van der Waals surface area contributed by atoms with Gasteiger partial charge in [-0.05, 0) is 44.2 Å². The zero-order valence-electron chi connectivity index (χ0n) is 13.1. The summed E-state index contributed by atoms with van der Waals surface area (Å²) in [6.45, 7) is 10.6. The molecule has 3 nitrogen and oxygen atoms in total. The second-order valence-electron chi connectivity index (χ2n) is 5.84. The average molecular weight is 273 g/mol. The predicted molar refractivity (Wildman–Crippen MR) is 88.2 cm³/mol. The Morgan fingerprint density at radius 1 is 1.25 bits per heavy atom. The van der Waals surface area contributed by atoms with Gasteiger partial charge in [-0.15, -0.1) is 0 Å². The third-order valence-electron chi connectivity index (χ3n) is 3.99. The molecule has 0 radical (unpaired) electrons. The van der Waals surface area contributed by atoms with Gasteiger partial charge in [-0.25, -0.2) is 0 Å². The molecule has 1 saturated carbocycles. The molecule has 2 fully saturated rings. The molecule has 2 aliphatic rings. The van der Waals surface area contributed by atoms with Crippen molar-refractivity contribution in [3.8, 4) is 0 Å². The number of hydrogen-bond acceptors (Lipinski definition) is 3. The van der Waals surface area contributed by atoms with Gasteiger partial charge >= 0.3 is 0 Å². The van der Waals surface area contributed by atoms with Crippen molar-refractivity contribution in [1.82, 2.24) is 0 Å². The number of nitrogens with one attached hydrogen (secondary N) is 2. The van der Waals surface area contributed by atoms with Crippen LogP contribution in [-0.2, 0) is 0 Å². The minimum Gasteiger partial charge on any atom is -0.382 e. The quantitative estimate of drug-likeness (QED) is 0.814. The lowest BCUT2D eigenvalue weighted by atomic mass is 10.1. The lowest BCUT2D eigenvalue weighted by molar-refractivity contribution is 0.818. The molecule has 0 amide bonds. The van der Waals surface area contributed by atoms with E-state index in [0.29, 0.717) is 6.04 Å². The van der Waals surface area contributed by atoms with Crippen LogP contribution in [0.4, 0.5) is 11.4 Å². The van der Waals surface area contributed by atoms with Gasteiger partial charge in [0, 0.05) is 42.3 Å². The van der Waals surface area contributed by atoms with Gasteiger partial charge in [-0.2, -0.15) is 0 Å². The number of rotatable bonds is 4. The first-order valence-corrected chi connectivity index (χ1v) is 7.84. The van der Waals surface area contributed by atoms with Crippen molar-refractivity contribution in [2.75, 3.05) is 23.3 Å². The van der Waals surface area contributed by atoms with Crippen LogP contribution in [0.1, 0.15) is 39.7 Å². The number of benzene rings is 1. The lowest BCUT2D eigenvalue weighted by Gasteiger charge is -2.24. The fourth-order valence-corrected chi connectivity index (χ4v) is 3.01. The van der Waals surface area contributed by atoms with Crippen LogP contribution in [-0.4, -0.2) is 25.3 Å². The minimum absolute atomic E-state index is 0.394. The Balaban J connectivity index is 0.000000704. The van der Waals surface area contributed by atoms with E-state index in [2.05, 4.69) is 42.3 Å². The molecule has 2 atom stereocenters. The number of fused-ring (bicyclic) bond motifs is 1. The van der Waals surface area contributed by atoms with Crippen LogP contribution < -0.4 is 10.2 Å². The van der Waals surface area contributed by atoms with Gasteiger partial charge in [0.15, 0.2) is 0 Å². The molecular weight excluding hydrogens is 246 g/mol. The highest BCUT2D eigenvalue weighted by Gasteiger charge is 2.45. The monoisotopic (exact) mass is 273 g/mol. The number of nitrogens with zero attached hydrogens (tertiary/aromatic N) is 1. The Hall–Kier alpha value is -1.51. The van der Waals surface area contributed by atoms with Crippen molar-refractivity contribution in [3.63, 3.8) is 0 Å². The SMILES string of the molecule is CC.CC(C)Nc1cccc(N2CC3CC3C2)c1C=N. The van der Waals surface area contributed by atoms with E-state index in [1.54, 1.807) is 0 Å². The summed E-state index contributed by atoms with van der Waals surface area (Å²) in [5, 5.41) is 11.1. The molecule has 1 aromatic carbocycles. The Morgan fingerprint density at radius 2 is 1.90 bits per heavy atom. The Bertz CT molecular complexity index is 457. The number of anilines is 2. The van der Waals surface area contributed by atoms with Gasteiger partial charge in [0.1, 0.15) is 0 Å². The van der Waals surface area contributed by atoms with Crippen molar-refractivity contribution in [3.05, 3.63) is 23.8 Å². The van der Waals surface area contributed by atoms with Crippen LogP contribution in [0, 0.1) is 17.2 Å². The van der Waals surface area contributed by atoms with Crippen molar-refractivity contribution in [2.24, 2.45) is 11.8 Å². The van der Waals surface area contributed by atoms with Gasteiger partial charge in [-0.1, -0.05) is 19.9 Å². The third-order valence-corrected chi connectivity index (χ3v) is 3.99. The van der Waals surface area contributed by atoms with Crippen molar-refractivity contribution in [1.29, 1.82) is 5.41 Å².